The Balaban J connectivity index is 1.84. The Hall–Kier alpha value is -2.18. The van der Waals surface area contributed by atoms with Crippen LogP contribution in [-0.4, -0.2) is 32.6 Å². The van der Waals surface area contributed by atoms with Gasteiger partial charge in [0, 0.05) is 6.20 Å². The van der Waals surface area contributed by atoms with Crippen LogP contribution in [0.15, 0.2) is 18.6 Å². The fourth-order valence-corrected chi connectivity index (χ4v) is 1.78. The topological polar surface area (TPSA) is 104 Å². The summed E-state index contributed by atoms with van der Waals surface area (Å²) >= 11 is 0. The summed E-state index contributed by atoms with van der Waals surface area (Å²) in [5.74, 6) is -0.981. The minimum Gasteiger partial charge on any atom is -0.480 e. The Morgan fingerprint density at radius 3 is 2.72 bits per heavy atom. The normalized spacial score (nSPS) is 16.4. The van der Waals surface area contributed by atoms with E-state index in [0.29, 0.717) is 18.5 Å². The number of aliphatic carboxylic acids is 1. The van der Waals surface area contributed by atoms with Gasteiger partial charge in [-0.2, -0.15) is 0 Å². The molecule has 1 heterocycles. The Morgan fingerprint density at radius 2 is 2.22 bits per heavy atom. The van der Waals surface area contributed by atoms with E-state index in [1.54, 1.807) is 12.3 Å². The lowest BCUT2D eigenvalue weighted by Crippen LogP contribution is -2.61. The van der Waals surface area contributed by atoms with Crippen LogP contribution in [0.5, 0.6) is 0 Å². The van der Waals surface area contributed by atoms with Crippen molar-refractivity contribution in [3.05, 3.63) is 24.3 Å². The van der Waals surface area contributed by atoms with Crippen LogP contribution >= 0.6 is 0 Å². The van der Waals surface area contributed by atoms with Gasteiger partial charge >= 0.3 is 12.0 Å². The van der Waals surface area contributed by atoms with Crippen molar-refractivity contribution < 1.29 is 14.7 Å². The van der Waals surface area contributed by atoms with Crippen LogP contribution in [0.1, 0.15) is 25.0 Å². The van der Waals surface area contributed by atoms with Gasteiger partial charge in [0.2, 0.25) is 0 Å². The standard InChI is InChI=1S/C11H14N4O3/c16-9(17)11(3-1-4-11)15-10(18)13-6-8-2-5-12-7-14-8/h2,5,7H,1,3-4,6H2,(H,16,17)(H2,13,15,18). The van der Waals surface area contributed by atoms with E-state index in [2.05, 4.69) is 20.6 Å². The summed E-state index contributed by atoms with van der Waals surface area (Å²) < 4.78 is 0. The number of rotatable bonds is 4. The number of carboxylic acids is 1. The Morgan fingerprint density at radius 1 is 1.44 bits per heavy atom. The molecule has 2 rings (SSSR count). The van der Waals surface area contributed by atoms with Crippen molar-refractivity contribution in [2.45, 2.75) is 31.3 Å². The molecule has 1 aromatic heterocycles. The quantitative estimate of drug-likeness (QED) is 0.712. The number of aromatic nitrogens is 2. The SMILES string of the molecule is O=C(NCc1ccncn1)NC1(C(=O)O)CCC1. The third-order valence-electron chi connectivity index (χ3n) is 3.04. The van der Waals surface area contributed by atoms with Crippen LogP contribution in [0.2, 0.25) is 0 Å². The molecule has 18 heavy (non-hydrogen) atoms. The second kappa shape index (κ2) is 4.99. The molecule has 96 valence electrons. The molecule has 1 saturated carbocycles. The summed E-state index contributed by atoms with van der Waals surface area (Å²) in [6.07, 6.45) is 4.73. The van der Waals surface area contributed by atoms with E-state index in [0.717, 1.165) is 6.42 Å². The third-order valence-corrected chi connectivity index (χ3v) is 3.04. The molecular formula is C11H14N4O3. The molecule has 3 N–H and O–H groups in total. The molecule has 7 heteroatoms. The predicted octanol–water partition coefficient (Wildman–Crippen LogP) is 0.283. The van der Waals surface area contributed by atoms with E-state index in [9.17, 15) is 9.59 Å². The monoisotopic (exact) mass is 250 g/mol. The molecular weight excluding hydrogens is 236 g/mol. The van der Waals surface area contributed by atoms with Gasteiger partial charge < -0.3 is 15.7 Å². The first kappa shape index (κ1) is 12.3. The van der Waals surface area contributed by atoms with E-state index in [1.807, 2.05) is 0 Å². The average molecular weight is 250 g/mol. The number of urea groups is 1. The molecule has 1 aliphatic rings. The van der Waals surface area contributed by atoms with Gasteiger partial charge in [-0.3, -0.25) is 0 Å². The minimum atomic E-state index is -1.09. The zero-order valence-corrected chi connectivity index (χ0v) is 9.72. The summed E-state index contributed by atoms with van der Waals surface area (Å²) in [6.45, 7) is 0.240. The summed E-state index contributed by atoms with van der Waals surface area (Å²) in [6, 6.07) is 1.19. The maximum absolute atomic E-state index is 11.6. The number of nitrogens with zero attached hydrogens (tertiary/aromatic N) is 2. The van der Waals surface area contributed by atoms with Crippen molar-refractivity contribution in [1.29, 1.82) is 0 Å². The highest BCUT2D eigenvalue weighted by molar-refractivity contribution is 5.87. The smallest absolute Gasteiger partial charge is 0.329 e. The summed E-state index contributed by atoms with van der Waals surface area (Å²) in [7, 11) is 0. The molecule has 0 unspecified atom stereocenters. The summed E-state index contributed by atoms with van der Waals surface area (Å²) in [4.78, 5) is 30.4. The van der Waals surface area contributed by atoms with E-state index in [4.69, 9.17) is 5.11 Å². The van der Waals surface area contributed by atoms with Crippen molar-refractivity contribution in [3.63, 3.8) is 0 Å². The molecule has 0 radical (unpaired) electrons. The van der Waals surface area contributed by atoms with Gasteiger partial charge in [-0.15, -0.1) is 0 Å². The molecule has 2 amide bonds. The number of carboxylic acid groups (broad SMARTS) is 1. The molecule has 0 atom stereocenters. The number of nitrogens with one attached hydrogen (secondary N) is 2. The van der Waals surface area contributed by atoms with Crippen LogP contribution in [-0.2, 0) is 11.3 Å². The highest BCUT2D eigenvalue weighted by atomic mass is 16.4. The lowest BCUT2D eigenvalue weighted by Gasteiger charge is -2.38. The summed E-state index contributed by atoms with van der Waals surface area (Å²) in [5, 5.41) is 14.1. The van der Waals surface area contributed by atoms with E-state index in [1.165, 1.54) is 6.33 Å². The predicted molar refractivity (Wildman–Crippen MR) is 61.6 cm³/mol. The molecule has 1 aromatic rings. The first-order chi connectivity index (χ1) is 8.62. The van der Waals surface area contributed by atoms with Gasteiger partial charge in [0.15, 0.2) is 0 Å². The first-order valence-corrected chi connectivity index (χ1v) is 5.67. The van der Waals surface area contributed by atoms with Crippen molar-refractivity contribution in [1.82, 2.24) is 20.6 Å². The molecule has 0 aliphatic heterocycles. The van der Waals surface area contributed by atoms with Gasteiger partial charge in [0.05, 0.1) is 12.2 Å². The number of amides is 2. The van der Waals surface area contributed by atoms with Gasteiger partial charge in [-0.1, -0.05) is 0 Å². The number of hydrogen-bond donors (Lipinski definition) is 3. The van der Waals surface area contributed by atoms with Crippen molar-refractivity contribution in [2.24, 2.45) is 0 Å². The Bertz CT molecular complexity index is 445. The van der Waals surface area contributed by atoms with E-state index >= 15 is 0 Å². The lowest BCUT2D eigenvalue weighted by molar-refractivity contribution is -0.148. The maximum Gasteiger partial charge on any atom is 0.329 e. The summed E-state index contributed by atoms with van der Waals surface area (Å²) in [5.41, 5.74) is -0.423. The second-order valence-electron chi connectivity index (χ2n) is 4.25. The van der Waals surface area contributed by atoms with Crippen LogP contribution in [0, 0.1) is 0 Å². The average Bonchev–Trinajstić information content (AvgIpc) is 2.32. The first-order valence-electron chi connectivity index (χ1n) is 5.67. The van der Waals surface area contributed by atoms with Crippen molar-refractivity contribution >= 4 is 12.0 Å². The molecule has 0 saturated heterocycles. The highest BCUT2D eigenvalue weighted by Crippen LogP contribution is 2.31. The molecule has 1 aliphatic carbocycles. The zero-order valence-electron chi connectivity index (χ0n) is 9.72. The van der Waals surface area contributed by atoms with Gasteiger partial charge in [-0.05, 0) is 25.3 Å². The number of carbonyl (C=O) groups excluding carboxylic acids is 1. The fraction of sp³-hybridized carbons (Fsp3) is 0.455. The Kier molecular flexibility index (Phi) is 3.40. The second-order valence-corrected chi connectivity index (χ2v) is 4.25. The van der Waals surface area contributed by atoms with Crippen LogP contribution in [0.4, 0.5) is 4.79 Å². The van der Waals surface area contributed by atoms with Gasteiger partial charge in [0.1, 0.15) is 11.9 Å². The molecule has 1 fully saturated rings. The van der Waals surface area contributed by atoms with E-state index < -0.39 is 17.5 Å². The minimum absolute atomic E-state index is 0.240. The highest BCUT2D eigenvalue weighted by Gasteiger charge is 2.45. The Labute approximate surface area is 104 Å². The number of carbonyl (C=O) groups is 2. The van der Waals surface area contributed by atoms with Gasteiger partial charge in [0.25, 0.3) is 0 Å². The lowest BCUT2D eigenvalue weighted by atomic mass is 9.77. The number of hydrogen-bond acceptors (Lipinski definition) is 4. The van der Waals surface area contributed by atoms with Crippen LogP contribution < -0.4 is 10.6 Å². The molecule has 0 spiro atoms. The largest absolute Gasteiger partial charge is 0.480 e. The van der Waals surface area contributed by atoms with Crippen LogP contribution in [0.3, 0.4) is 0 Å². The molecule has 0 bridgehead atoms. The van der Waals surface area contributed by atoms with E-state index in [-0.39, 0.29) is 6.54 Å². The fourth-order valence-electron chi connectivity index (χ4n) is 1.78. The maximum atomic E-state index is 11.6. The third kappa shape index (κ3) is 2.55. The molecule has 7 nitrogen and oxygen atoms in total. The van der Waals surface area contributed by atoms with Crippen molar-refractivity contribution in [2.75, 3.05) is 0 Å². The zero-order chi connectivity index (χ0) is 13.0. The molecule has 0 aromatic carbocycles. The van der Waals surface area contributed by atoms with Gasteiger partial charge in [-0.25, -0.2) is 19.6 Å². The van der Waals surface area contributed by atoms with Crippen molar-refractivity contribution in [3.8, 4) is 0 Å². The van der Waals surface area contributed by atoms with Crippen LogP contribution in [0.25, 0.3) is 0 Å².